The summed E-state index contributed by atoms with van der Waals surface area (Å²) < 4.78 is 17.0. The largest absolute Gasteiger partial charge is 0.462 e. The number of rotatable bonds is 67. The van der Waals surface area contributed by atoms with E-state index < -0.39 is 6.10 Å². The molecule has 0 heterocycles. The first kappa shape index (κ1) is 79.8. The van der Waals surface area contributed by atoms with Crippen LogP contribution in [-0.2, 0) is 28.6 Å². The molecule has 0 bridgehead atoms. The molecule has 1 unspecified atom stereocenters. The molecule has 0 aromatic rings. The molecule has 0 aliphatic heterocycles. The van der Waals surface area contributed by atoms with Gasteiger partial charge in [-0.25, -0.2) is 0 Å². The molecular weight excluding hydrogens is 1020 g/mol. The summed E-state index contributed by atoms with van der Waals surface area (Å²) >= 11 is 0. The van der Waals surface area contributed by atoms with E-state index in [4.69, 9.17) is 14.2 Å². The molecule has 0 saturated carbocycles. The zero-order chi connectivity index (χ0) is 59.9. The molecule has 0 aromatic carbocycles. The van der Waals surface area contributed by atoms with Crippen molar-refractivity contribution in [2.75, 3.05) is 13.2 Å². The van der Waals surface area contributed by atoms with Gasteiger partial charge in [0, 0.05) is 19.3 Å². The van der Waals surface area contributed by atoms with E-state index in [9.17, 15) is 14.4 Å². The van der Waals surface area contributed by atoms with Gasteiger partial charge in [0.15, 0.2) is 6.10 Å². The van der Waals surface area contributed by atoms with Gasteiger partial charge in [0.1, 0.15) is 13.2 Å². The lowest BCUT2D eigenvalue weighted by Gasteiger charge is -2.18. The summed E-state index contributed by atoms with van der Waals surface area (Å²) in [4.78, 5) is 38.5. The third-order valence-corrected chi connectivity index (χ3v) is 16.2. The van der Waals surface area contributed by atoms with Crippen molar-refractivity contribution in [1.82, 2.24) is 0 Å². The number of hydrogen-bond acceptors (Lipinski definition) is 6. The van der Waals surface area contributed by atoms with Gasteiger partial charge in [-0.1, -0.05) is 344 Å². The maximum Gasteiger partial charge on any atom is 0.306 e. The number of unbranched alkanes of at least 4 members (excludes halogenated alkanes) is 44. The Balaban J connectivity index is 4.33. The fraction of sp³-hybridized carbons (Fsp3) is 0.805. The Bertz CT molecular complexity index is 1520. The van der Waals surface area contributed by atoms with Gasteiger partial charge in [-0.2, -0.15) is 0 Å². The summed E-state index contributed by atoms with van der Waals surface area (Å²) in [5, 5.41) is 0. The molecule has 482 valence electrons. The van der Waals surface area contributed by atoms with Crippen molar-refractivity contribution in [2.45, 2.75) is 386 Å². The topological polar surface area (TPSA) is 78.9 Å². The van der Waals surface area contributed by atoms with Crippen LogP contribution in [0.5, 0.6) is 0 Å². The Morgan fingerprint density at radius 3 is 0.759 bits per heavy atom. The van der Waals surface area contributed by atoms with Gasteiger partial charge < -0.3 is 14.2 Å². The maximum atomic E-state index is 13.0. The SMILES string of the molecule is CC/C=C\C/C=C\C/C=C\C/C=C\C/C=C\CCCCCC(=O)OC(COC(=O)CCCCCCCCCCCCCCCCC/C=C\CCCCCCCCCC)COC(=O)CCCCCCCCCCCCCCCCCCCCC. The van der Waals surface area contributed by atoms with E-state index in [-0.39, 0.29) is 31.1 Å². The van der Waals surface area contributed by atoms with E-state index in [1.165, 1.54) is 244 Å². The summed E-state index contributed by atoms with van der Waals surface area (Å²) in [5.74, 6) is -0.892. The molecule has 0 N–H and O–H groups in total. The van der Waals surface area contributed by atoms with Crippen LogP contribution in [0.1, 0.15) is 380 Å². The Morgan fingerprint density at radius 2 is 0.470 bits per heavy atom. The van der Waals surface area contributed by atoms with Crippen molar-refractivity contribution in [3.8, 4) is 0 Å². The highest BCUT2D eigenvalue weighted by Gasteiger charge is 2.19. The fourth-order valence-electron chi connectivity index (χ4n) is 10.8. The normalized spacial score (nSPS) is 12.5. The summed E-state index contributed by atoms with van der Waals surface area (Å²) in [5.41, 5.74) is 0. The highest BCUT2D eigenvalue weighted by Crippen LogP contribution is 2.18. The second-order valence-corrected chi connectivity index (χ2v) is 24.5. The highest BCUT2D eigenvalue weighted by molar-refractivity contribution is 5.71. The number of carbonyl (C=O) groups excluding carboxylic acids is 3. The zero-order valence-corrected chi connectivity index (χ0v) is 55.5. The molecule has 0 aliphatic rings. The van der Waals surface area contributed by atoms with Crippen LogP contribution >= 0.6 is 0 Å². The van der Waals surface area contributed by atoms with Crippen LogP contribution in [0.25, 0.3) is 0 Å². The summed E-state index contributed by atoms with van der Waals surface area (Å²) in [7, 11) is 0. The first-order valence-corrected chi connectivity index (χ1v) is 36.4. The third kappa shape index (κ3) is 69.5. The van der Waals surface area contributed by atoms with E-state index in [2.05, 4.69) is 93.7 Å². The minimum absolute atomic E-state index is 0.0845. The number of esters is 3. The monoisotopic (exact) mass is 1160 g/mol. The van der Waals surface area contributed by atoms with Crippen molar-refractivity contribution in [1.29, 1.82) is 0 Å². The lowest BCUT2D eigenvalue weighted by Crippen LogP contribution is -2.30. The van der Waals surface area contributed by atoms with Crippen LogP contribution in [0, 0.1) is 0 Å². The van der Waals surface area contributed by atoms with Gasteiger partial charge in [0.25, 0.3) is 0 Å². The Kier molecular flexibility index (Phi) is 68.6. The predicted octanol–water partition coefficient (Wildman–Crippen LogP) is 25.2. The first-order valence-electron chi connectivity index (χ1n) is 36.4. The predicted molar refractivity (Wildman–Crippen MR) is 362 cm³/mol. The minimum atomic E-state index is -0.793. The molecule has 0 aliphatic carbocycles. The average molecular weight is 1160 g/mol. The number of carbonyl (C=O) groups is 3. The maximum absolute atomic E-state index is 13.0. The first-order chi connectivity index (χ1) is 41.0. The number of allylic oxidation sites excluding steroid dienone is 12. The summed E-state index contributed by atoms with van der Waals surface area (Å²) in [6.45, 7) is 6.57. The van der Waals surface area contributed by atoms with Crippen LogP contribution in [0.15, 0.2) is 72.9 Å². The van der Waals surface area contributed by atoms with Crippen LogP contribution in [0.3, 0.4) is 0 Å². The third-order valence-electron chi connectivity index (χ3n) is 16.2. The van der Waals surface area contributed by atoms with Crippen LogP contribution in [0.4, 0.5) is 0 Å². The van der Waals surface area contributed by atoms with Crippen molar-refractivity contribution in [3.05, 3.63) is 72.9 Å². The van der Waals surface area contributed by atoms with Crippen LogP contribution < -0.4 is 0 Å². The van der Waals surface area contributed by atoms with E-state index in [0.717, 1.165) is 96.3 Å². The molecule has 0 radical (unpaired) electrons. The number of hydrogen-bond donors (Lipinski definition) is 0. The van der Waals surface area contributed by atoms with E-state index >= 15 is 0 Å². The number of ether oxygens (including phenoxy) is 3. The lowest BCUT2D eigenvalue weighted by molar-refractivity contribution is -0.167. The molecule has 83 heavy (non-hydrogen) atoms. The highest BCUT2D eigenvalue weighted by atomic mass is 16.6. The Labute approximate surface area is 516 Å². The lowest BCUT2D eigenvalue weighted by atomic mass is 10.0. The summed E-state index contributed by atoms with van der Waals surface area (Å²) in [6, 6.07) is 0. The van der Waals surface area contributed by atoms with E-state index in [0.29, 0.717) is 19.3 Å². The quantitative estimate of drug-likeness (QED) is 0.0261. The molecule has 6 nitrogen and oxygen atoms in total. The van der Waals surface area contributed by atoms with Gasteiger partial charge in [-0.05, 0) is 89.9 Å². The molecule has 0 amide bonds. The van der Waals surface area contributed by atoms with E-state index in [1.54, 1.807) is 0 Å². The van der Waals surface area contributed by atoms with Gasteiger partial charge in [-0.3, -0.25) is 14.4 Å². The smallest absolute Gasteiger partial charge is 0.306 e. The van der Waals surface area contributed by atoms with Gasteiger partial charge >= 0.3 is 17.9 Å². The average Bonchev–Trinajstić information content (AvgIpc) is 3.50. The molecule has 0 rings (SSSR count). The second-order valence-electron chi connectivity index (χ2n) is 24.5. The van der Waals surface area contributed by atoms with Crippen LogP contribution in [0.2, 0.25) is 0 Å². The zero-order valence-electron chi connectivity index (χ0n) is 55.5. The fourth-order valence-corrected chi connectivity index (χ4v) is 10.8. The molecule has 0 spiro atoms. The van der Waals surface area contributed by atoms with Gasteiger partial charge in [-0.15, -0.1) is 0 Å². The Hall–Kier alpha value is -3.15. The van der Waals surface area contributed by atoms with Crippen LogP contribution in [-0.4, -0.2) is 37.2 Å². The van der Waals surface area contributed by atoms with E-state index in [1.807, 2.05) is 0 Å². The molecular formula is C77H138O6. The second kappa shape index (κ2) is 71.3. The van der Waals surface area contributed by atoms with Crippen molar-refractivity contribution in [3.63, 3.8) is 0 Å². The summed E-state index contributed by atoms with van der Waals surface area (Å²) in [6.07, 6.45) is 93.7. The van der Waals surface area contributed by atoms with Gasteiger partial charge in [0.2, 0.25) is 0 Å². The molecule has 0 fully saturated rings. The molecule has 0 saturated heterocycles. The molecule has 1 atom stereocenters. The van der Waals surface area contributed by atoms with Crippen molar-refractivity contribution >= 4 is 17.9 Å². The molecule has 6 heteroatoms. The van der Waals surface area contributed by atoms with Crippen molar-refractivity contribution < 1.29 is 28.6 Å². The van der Waals surface area contributed by atoms with Gasteiger partial charge in [0.05, 0.1) is 0 Å². The standard InChI is InChI=1S/C77H138O6/c1-4-7-10-13-16-19-22-25-28-31-34-35-36-37-38-39-40-41-44-46-49-52-55-58-61-64-67-70-76(79)82-73-74(83-77(80)71-68-65-62-59-56-53-50-47-43-33-30-27-24-21-18-15-12-9-6-3)72-81-75(78)69-66-63-60-57-54-51-48-45-42-32-29-26-23-20-17-14-11-8-5-2/h9,12,18,21,27,30-31,34,43,47,53,56,74H,4-8,10-11,13-17,19-20,22-26,28-29,32-33,35-42,44-46,48-52,54-55,57-73H2,1-3H3/b12-9-,21-18-,30-27-,34-31-,47-43-,56-53-. The Morgan fingerprint density at radius 1 is 0.253 bits per heavy atom. The minimum Gasteiger partial charge on any atom is -0.462 e. The molecule has 0 aromatic heterocycles. The van der Waals surface area contributed by atoms with Crippen molar-refractivity contribution in [2.24, 2.45) is 0 Å².